The third-order valence-electron chi connectivity index (χ3n) is 2.72. The number of carbonyl (C=O) groups is 2. The fraction of sp³-hybridized carbons (Fsp3) is 0.231. The minimum Gasteiger partial charge on any atom is -0.478 e. The molecule has 0 aliphatic carbocycles. The number of nitrogens with two attached hydrogens (primary N) is 1. The molecule has 2 aromatic heterocycles. The lowest BCUT2D eigenvalue weighted by Crippen LogP contribution is -2.10. The van der Waals surface area contributed by atoms with Gasteiger partial charge >= 0.3 is 5.97 Å². The van der Waals surface area contributed by atoms with Crippen LogP contribution in [0.4, 0.5) is 0 Å². The zero-order chi connectivity index (χ0) is 14.7. The van der Waals surface area contributed by atoms with Crippen molar-refractivity contribution in [3.8, 4) is 5.82 Å². The molecule has 0 atom stereocenters. The molecule has 3 N–H and O–H groups in total. The molecule has 7 heteroatoms. The van der Waals surface area contributed by atoms with Gasteiger partial charge < -0.3 is 10.8 Å². The van der Waals surface area contributed by atoms with Crippen LogP contribution in [-0.2, 0) is 6.42 Å². The molecule has 0 saturated carbocycles. The largest absolute Gasteiger partial charge is 0.478 e. The van der Waals surface area contributed by atoms with E-state index in [1.807, 2.05) is 6.92 Å². The Morgan fingerprint density at radius 3 is 2.65 bits per heavy atom. The summed E-state index contributed by atoms with van der Waals surface area (Å²) in [5, 5.41) is 13.1. The Morgan fingerprint density at radius 2 is 2.10 bits per heavy atom. The van der Waals surface area contributed by atoms with Crippen molar-refractivity contribution >= 4 is 11.9 Å². The number of aromatic carboxylic acids is 1. The van der Waals surface area contributed by atoms with Crippen molar-refractivity contribution < 1.29 is 14.7 Å². The Balaban J connectivity index is 2.48. The molecule has 104 valence electrons. The van der Waals surface area contributed by atoms with E-state index in [0.29, 0.717) is 17.9 Å². The number of aromatic nitrogens is 3. The average Bonchev–Trinajstić information content (AvgIpc) is 2.88. The molecule has 0 fully saturated rings. The van der Waals surface area contributed by atoms with Crippen LogP contribution in [0.25, 0.3) is 5.82 Å². The molecule has 20 heavy (non-hydrogen) atoms. The zero-order valence-electron chi connectivity index (χ0n) is 10.9. The number of pyridine rings is 1. The summed E-state index contributed by atoms with van der Waals surface area (Å²) in [5.74, 6) is -1.28. The number of primary amides is 1. The van der Waals surface area contributed by atoms with Crippen LogP contribution in [0.2, 0.25) is 0 Å². The molecule has 1 amide bonds. The fourth-order valence-corrected chi connectivity index (χ4v) is 1.77. The van der Waals surface area contributed by atoms with Gasteiger partial charge in [-0.05, 0) is 18.6 Å². The van der Waals surface area contributed by atoms with Gasteiger partial charge in [0.2, 0.25) is 0 Å². The van der Waals surface area contributed by atoms with Crippen LogP contribution < -0.4 is 5.73 Å². The van der Waals surface area contributed by atoms with Gasteiger partial charge in [-0.3, -0.25) is 4.79 Å². The van der Waals surface area contributed by atoms with E-state index in [1.165, 1.54) is 29.2 Å². The van der Waals surface area contributed by atoms with Crippen LogP contribution in [0.5, 0.6) is 0 Å². The lowest BCUT2D eigenvalue weighted by atomic mass is 10.1. The molecule has 2 heterocycles. The van der Waals surface area contributed by atoms with E-state index in [4.69, 9.17) is 10.8 Å². The van der Waals surface area contributed by atoms with Crippen molar-refractivity contribution in [2.75, 3.05) is 0 Å². The number of carboxylic acid groups (broad SMARTS) is 1. The van der Waals surface area contributed by atoms with Gasteiger partial charge in [-0.1, -0.05) is 13.3 Å². The number of carboxylic acids is 1. The molecule has 0 unspecified atom stereocenters. The Morgan fingerprint density at radius 1 is 1.35 bits per heavy atom. The minimum absolute atomic E-state index is 0.134. The summed E-state index contributed by atoms with van der Waals surface area (Å²) >= 11 is 0. The molecule has 7 nitrogen and oxygen atoms in total. The SMILES string of the molecule is CCCc1cc(C(=O)O)cc(-n2cc(C(N)=O)cn2)n1. The first-order chi connectivity index (χ1) is 9.51. The molecule has 0 saturated heterocycles. The van der Waals surface area contributed by atoms with E-state index in [-0.39, 0.29) is 11.1 Å². The van der Waals surface area contributed by atoms with Crippen molar-refractivity contribution in [1.29, 1.82) is 0 Å². The predicted octanol–water partition coefficient (Wildman–Crippen LogP) is 1.02. The normalized spacial score (nSPS) is 10.4. The highest BCUT2D eigenvalue weighted by Crippen LogP contribution is 2.12. The van der Waals surface area contributed by atoms with Crippen molar-refractivity contribution in [2.45, 2.75) is 19.8 Å². The summed E-state index contributed by atoms with van der Waals surface area (Å²) in [6, 6.07) is 2.94. The predicted molar refractivity (Wildman–Crippen MR) is 70.8 cm³/mol. The Bertz CT molecular complexity index is 663. The molecular weight excluding hydrogens is 260 g/mol. The number of aryl methyl sites for hydroxylation is 1. The average molecular weight is 274 g/mol. The van der Waals surface area contributed by atoms with Crippen LogP contribution in [0, 0.1) is 0 Å². The molecule has 2 aromatic rings. The lowest BCUT2D eigenvalue weighted by molar-refractivity contribution is 0.0696. The fourth-order valence-electron chi connectivity index (χ4n) is 1.77. The van der Waals surface area contributed by atoms with E-state index in [2.05, 4.69) is 10.1 Å². The monoisotopic (exact) mass is 274 g/mol. The maximum atomic E-state index is 11.1. The van der Waals surface area contributed by atoms with E-state index in [9.17, 15) is 9.59 Å². The van der Waals surface area contributed by atoms with E-state index in [1.54, 1.807) is 0 Å². The summed E-state index contributed by atoms with van der Waals surface area (Å²) in [6.45, 7) is 1.98. The Hall–Kier alpha value is -2.70. The molecule has 0 aromatic carbocycles. The lowest BCUT2D eigenvalue weighted by Gasteiger charge is -2.06. The van der Waals surface area contributed by atoms with Gasteiger partial charge in [0.15, 0.2) is 5.82 Å². The third-order valence-corrected chi connectivity index (χ3v) is 2.72. The second kappa shape index (κ2) is 5.52. The first kappa shape index (κ1) is 13.7. The summed E-state index contributed by atoms with van der Waals surface area (Å²) < 4.78 is 1.34. The van der Waals surface area contributed by atoms with Gasteiger partial charge in [-0.15, -0.1) is 0 Å². The third kappa shape index (κ3) is 2.82. The quantitative estimate of drug-likeness (QED) is 0.845. The van der Waals surface area contributed by atoms with Gasteiger partial charge in [0, 0.05) is 11.9 Å². The van der Waals surface area contributed by atoms with E-state index >= 15 is 0 Å². The summed E-state index contributed by atoms with van der Waals surface area (Å²) in [6.07, 6.45) is 4.25. The van der Waals surface area contributed by atoms with Crippen molar-refractivity contribution in [1.82, 2.24) is 14.8 Å². The van der Waals surface area contributed by atoms with Crippen LogP contribution in [0.15, 0.2) is 24.5 Å². The van der Waals surface area contributed by atoms with E-state index < -0.39 is 11.9 Å². The first-order valence-corrected chi connectivity index (χ1v) is 6.10. The molecule has 0 radical (unpaired) electrons. The minimum atomic E-state index is -1.03. The van der Waals surface area contributed by atoms with Crippen LogP contribution in [0.1, 0.15) is 39.8 Å². The molecule has 2 rings (SSSR count). The van der Waals surface area contributed by atoms with Crippen LogP contribution in [-0.4, -0.2) is 31.7 Å². The van der Waals surface area contributed by atoms with Crippen molar-refractivity contribution in [3.05, 3.63) is 41.3 Å². The van der Waals surface area contributed by atoms with Gasteiger partial charge in [-0.25, -0.2) is 14.5 Å². The van der Waals surface area contributed by atoms with Gasteiger partial charge in [0.1, 0.15) is 0 Å². The summed E-state index contributed by atoms with van der Waals surface area (Å²) in [4.78, 5) is 26.5. The zero-order valence-corrected chi connectivity index (χ0v) is 10.9. The number of carbonyl (C=O) groups excluding carboxylic acids is 1. The second-order valence-corrected chi connectivity index (χ2v) is 4.30. The number of amides is 1. The highest BCUT2D eigenvalue weighted by atomic mass is 16.4. The smallest absolute Gasteiger partial charge is 0.335 e. The molecule has 0 aliphatic heterocycles. The summed E-state index contributed by atoms with van der Waals surface area (Å²) in [7, 11) is 0. The highest BCUT2D eigenvalue weighted by molar-refractivity contribution is 5.92. The summed E-state index contributed by atoms with van der Waals surface area (Å²) in [5.41, 5.74) is 6.19. The standard InChI is InChI=1S/C13H14N4O3/c1-2-3-10-4-8(13(19)20)5-11(16-10)17-7-9(6-15-17)12(14)18/h4-7H,2-3H2,1H3,(H2,14,18)(H,19,20). The molecule has 0 bridgehead atoms. The van der Waals surface area contributed by atoms with Crippen molar-refractivity contribution in [3.63, 3.8) is 0 Å². The first-order valence-electron chi connectivity index (χ1n) is 6.10. The number of hydrogen-bond donors (Lipinski definition) is 2. The van der Waals surface area contributed by atoms with Gasteiger partial charge in [0.05, 0.1) is 17.3 Å². The highest BCUT2D eigenvalue weighted by Gasteiger charge is 2.11. The number of rotatable bonds is 5. The Kier molecular flexibility index (Phi) is 3.79. The van der Waals surface area contributed by atoms with Crippen LogP contribution in [0.3, 0.4) is 0 Å². The molecular formula is C13H14N4O3. The van der Waals surface area contributed by atoms with Gasteiger partial charge in [0.25, 0.3) is 5.91 Å². The topological polar surface area (TPSA) is 111 Å². The second-order valence-electron chi connectivity index (χ2n) is 4.30. The van der Waals surface area contributed by atoms with E-state index in [0.717, 1.165) is 6.42 Å². The maximum absolute atomic E-state index is 11.1. The number of hydrogen-bond acceptors (Lipinski definition) is 4. The molecule has 0 spiro atoms. The van der Waals surface area contributed by atoms with Gasteiger partial charge in [-0.2, -0.15) is 5.10 Å². The van der Waals surface area contributed by atoms with Crippen LogP contribution >= 0.6 is 0 Å². The Labute approximate surface area is 115 Å². The number of nitrogens with zero attached hydrogens (tertiary/aromatic N) is 3. The molecule has 0 aliphatic rings. The van der Waals surface area contributed by atoms with Crippen molar-refractivity contribution in [2.24, 2.45) is 5.73 Å². The maximum Gasteiger partial charge on any atom is 0.335 e.